The molecule has 1 fully saturated rings. The summed E-state index contributed by atoms with van der Waals surface area (Å²) >= 11 is 0. The molecular weight excluding hydrogens is 333 g/mol. The van der Waals surface area contributed by atoms with Crippen LogP contribution in [0.5, 0.6) is 0 Å². The molecule has 1 aliphatic heterocycles. The van der Waals surface area contributed by atoms with E-state index >= 15 is 0 Å². The fourth-order valence-electron chi connectivity index (χ4n) is 1.59. The molecular formula is C11H24IN3O2. The van der Waals surface area contributed by atoms with Gasteiger partial charge in [-0.25, -0.2) is 0 Å². The minimum Gasteiger partial charge on any atom is -0.378 e. The number of methoxy groups -OCH3 is 1. The van der Waals surface area contributed by atoms with Crippen LogP contribution in [0.4, 0.5) is 0 Å². The maximum absolute atomic E-state index is 5.79. The first-order valence-corrected chi connectivity index (χ1v) is 5.58. The minimum absolute atomic E-state index is 0. The van der Waals surface area contributed by atoms with Crippen molar-refractivity contribution in [3.05, 3.63) is 0 Å². The Morgan fingerprint density at radius 1 is 1.53 bits per heavy atom. The van der Waals surface area contributed by atoms with Crippen LogP contribution in [0.1, 0.15) is 27.2 Å². The van der Waals surface area contributed by atoms with Gasteiger partial charge in [0.25, 0.3) is 0 Å². The number of nitrogens with one attached hydrogen (secondary N) is 1. The van der Waals surface area contributed by atoms with E-state index in [1.807, 2.05) is 20.8 Å². The molecule has 0 amide bonds. The van der Waals surface area contributed by atoms with E-state index in [9.17, 15) is 0 Å². The first-order valence-electron chi connectivity index (χ1n) is 5.58. The lowest BCUT2D eigenvalue weighted by molar-refractivity contribution is -0.00907. The number of rotatable bonds is 3. The second kappa shape index (κ2) is 6.75. The molecule has 0 aliphatic carbocycles. The van der Waals surface area contributed by atoms with Gasteiger partial charge in [0.2, 0.25) is 0 Å². The molecule has 1 atom stereocenters. The van der Waals surface area contributed by atoms with Gasteiger partial charge in [-0.1, -0.05) is 0 Å². The number of aliphatic imine (C=N–C) groups is 1. The van der Waals surface area contributed by atoms with Crippen LogP contribution in [0.3, 0.4) is 0 Å². The molecule has 6 heteroatoms. The summed E-state index contributed by atoms with van der Waals surface area (Å²) in [6, 6.07) is 0. The van der Waals surface area contributed by atoms with Gasteiger partial charge in [-0.15, -0.1) is 24.0 Å². The molecule has 0 aromatic rings. The molecule has 1 rings (SSSR count). The van der Waals surface area contributed by atoms with E-state index in [1.165, 1.54) is 0 Å². The zero-order chi connectivity index (χ0) is 12.2. The Morgan fingerprint density at radius 3 is 2.59 bits per heavy atom. The number of ether oxygens (including phenoxy) is 2. The van der Waals surface area contributed by atoms with Gasteiger partial charge in [-0.2, -0.15) is 0 Å². The van der Waals surface area contributed by atoms with Crippen molar-refractivity contribution in [3.8, 4) is 0 Å². The number of nitrogens with zero attached hydrogens (tertiary/aromatic N) is 1. The standard InChI is InChI=1S/C11H23N3O2.HI/c1-10(2,3)14-9(12)13-7-11(15-4)5-6-16-8-11;/h5-8H2,1-4H3,(H3,12,13,14);1H. The summed E-state index contributed by atoms with van der Waals surface area (Å²) in [4.78, 5) is 4.31. The van der Waals surface area contributed by atoms with Crippen LogP contribution in [-0.4, -0.2) is 44.0 Å². The summed E-state index contributed by atoms with van der Waals surface area (Å²) in [6.07, 6.45) is 0.871. The predicted octanol–water partition coefficient (Wildman–Crippen LogP) is 1.11. The molecule has 0 saturated carbocycles. The van der Waals surface area contributed by atoms with E-state index in [0.717, 1.165) is 13.0 Å². The van der Waals surface area contributed by atoms with Gasteiger partial charge < -0.3 is 20.5 Å². The Balaban J connectivity index is 0.00000256. The van der Waals surface area contributed by atoms with Crippen molar-refractivity contribution >= 4 is 29.9 Å². The summed E-state index contributed by atoms with van der Waals surface area (Å²) < 4.78 is 10.8. The number of guanidine groups is 1. The molecule has 1 unspecified atom stereocenters. The third kappa shape index (κ3) is 5.87. The van der Waals surface area contributed by atoms with Crippen LogP contribution in [0.15, 0.2) is 4.99 Å². The van der Waals surface area contributed by atoms with Gasteiger partial charge >= 0.3 is 0 Å². The molecule has 0 aromatic carbocycles. The van der Waals surface area contributed by atoms with Crippen LogP contribution in [0, 0.1) is 0 Å². The number of halogens is 1. The van der Waals surface area contributed by atoms with Crippen LogP contribution < -0.4 is 11.1 Å². The summed E-state index contributed by atoms with van der Waals surface area (Å²) in [5, 5.41) is 3.12. The fourth-order valence-corrected chi connectivity index (χ4v) is 1.59. The molecule has 0 bridgehead atoms. The van der Waals surface area contributed by atoms with Crippen molar-refractivity contribution in [3.63, 3.8) is 0 Å². The van der Waals surface area contributed by atoms with Crippen LogP contribution in [0.2, 0.25) is 0 Å². The van der Waals surface area contributed by atoms with Crippen molar-refractivity contribution in [2.75, 3.05) is 26.9 Å². The van der Waals surface area contributed by atoms with Gasteiger partial charge in [-0.3, -0.25) is 4.99 Å². The second-order valence-electron chi connectivity index (χ2n) is 5.27. The first kappa shape index (κ1) is 16.9. The summed E-state index contributed by atoms with van der Waals surface area (Å²) in [7, 11) is 1.69. The highest BCUT2D eigenvalue weighted by Crippen LogP contribution is 2.22. The predicted molar refractivity (Wildman–Crippen MR) is 80.0 cm³/mol. The lowest BCUT2D eigenvalue weighted by Crippen LogP contribution is -2.46. The zero-order valence-corrected chi connectivity index (χ0v) is 13.4. The van der Waals surface area contributed by atoms with Gasteiger partial charge in [-0.05, 0) is 20.8 Å². The van der Waals surface area contributed by atoms with Crippen LogP contribution >= 0.6 is 24.0 Å². The Labute approximate surface area is 121 Å². The molecule has 5 nitrogen and oxygen atoms in total. The van der Waals surface area contributed by atoms with Gasteiger partial charge in [0.05, 0.1) is 13.2 Å². The third-order valence-electron chi connectivity index (χ3n) is 2.54. The Morgan fingerprint density at radius 2 is 2.18 bits per heavy atom. The fraction of sp³-hybridized carbons (Fsp3) is 0.909. The minimum atomic E-state index is -0.288. The van der Waals surface area contributed by atoms with Crippen molar-refractivity contribution in [1.29, 1.82) is 0 Å². The quantitative estimate of drug-likeness (QED) is 0.451. The molecule has 1 saturated heterocycles. The van der Waals surface area contributed by atoms with Crippen LogP contribution in [0.25, 0.3) is 0 Å². The molecule has 0 aromatic heterocycles. The van der Waals surface area contributed by atoms with E-state index in [2.05, 4.69) is 10.3 Å². The molecule has 0 spiro atoms. The first-order chi connectivity index (χ1) is 7.37. The largest absolute Gasteiger partial charge is 0.378 e. The zero-order valence-electron chi connectivity index (χ0n) is 11.1. The van der Waals surface area contributed by atoms with E-state index in [4.69, 9.17) is 15.2 Å². The number of hydrogen-bond donors (Lipinski definition) is 2. The van der Waals surface area contributed by atoms with Crippen molar-refractivity contribution < 1.29 is 9.47 Å². The maximum Gasteiger partial charge on any atom is 0.189 e. The van der Waals surface area contributed by atoms with Crippen LogP contribution in [-0.2, 0) is 9.47 Å². The van der Waals surface area contributed by atoms with Gasteiger partial charge in [0.15, 0.2) is 5.96 Å². The normalized spacial score (nSPS) is 25.5. The number of hydrogen-bond acceptors (Lipinski definition) is 3. The van der Waals surface area contributed by atoms with E-state index in [0.29, 0.717) is 19.1 Å². The van der Waals surface area contributed by atoms with E-state index in [1.54, 1.807) is 7.11 Å². The molecule has 0 radical (unpaired) electrons. The molecule has 1 aliphatic rings. The number of nitrogens with two attached hydrogens (primary N) is 1. The Hall–Kier alpha value is -0.0800. The summed E-state index contributed by atoms with van der Waals surface area (Å²) in [6.45, 7) is 7.99. The lowest BCUT2D eigenvalue weighted by Gasteiger charge is -2.25. The monoisotopic (exact) mass is 357 g/mol. The molecule has 1 heterocycles. The van der Waals surface area contributed by atoms with Gasteiger partial charge in [0.1, 0.15) is 5.60 Å². The average molecular weight is 357 g/mol. The molecule has 3 N–H and O–H groups in total. The highest BCUT2D eigenvalue weighted by molar-refractivity contribution is 14.0. The van der Waals surface area contributed by atoms with E-state index in [-0.39, 0.29) is 35.1 Å². The average Bonchev–Trinajstić information content (AvgIpc) is 2.61. The smallest absolute Gasteiger partial charge is 0.189 e. The topological polar surface area (TPSA) is 68.9 Å². The van der Waals surface area contributed by atoms with Crippen molar-refractivity contribution in [2.45, 2.75) is 38.3 Å². The highest BCUT2D eigenvalue weighted by atomic mass is 127. The van der Waals surface area contributed by atoms with E-state index < -0.39 is 0 Å². The lowest BCUT2D eigenvalue weighted by atomic mass is 10.0. The highest BCUT2D eigenvalue weighted by Gasteiger charge is 2.34. The molecule has 102 valence electrons. The summed E-state index contributed by atoms with van der Waals surface area (Å²) in [5.74, 6) is 0.454. The SMILES string of the molecule is COC1(CN=C(N)NC(C)(C)C)CCOC1.I. The van der Waals surface area contributed by atoms with Crippen molar-refractivity contribution in [2.24, 2.45) is 10.7 Å². The second-order valence-corrected chi connectivity index (χ2v) is 5.27. The summed E-state index contributed by atoms with van der Waals surface area (Å²) in [5.41, 5.74) is 5.44. The van der Waals surface area contributed by atoms with Gasteiger partial charge in [0, 0.05) is 25.7 Å². The molecule has 17 heavy (non-hydrogen) atoms. The third-order valence-corrected chi connectivity index (χ3v) is 2.54. The maximum atomic E-state index is 5.79. The Kier molecular flexibility index (Phi) is 6.71. The van der Waals surface area contributed by atoms with Crippen molar-refractivity contribution in [1.82, 2.24) is 5.32 Å². The Bertz CT molecular complexity index is 258.